The summed E-state index contributed by atoms with van der Waals surface area (Å²) in [5.41, 5.74) is 0.990. The number of furan rings is 1. The second kappa shape index (κ2) is 7.40. The highest BCUT2D eigenvalue weighted by Gasteiger charge is 2.18. The van der Waals surface area contributed by atoms with Crippen molar-refractivity contribution in [3.8, 4) is 11.5 Å². The Balaban J connectivity index is 1.72. The molecular formula is C18H22N2O4. The van der Waals surface area contributed by atoms with Crippen molar-refractivity contribution < 1.29 is 18.7 Å². The maximum absolute atomic E-state index is 12.6. The van der Waals surface area contributed by atoms with Crippen LogP contribution in [0.25, 0.3) is 0 Å². The smallest absolute Gasteiger partial charge is 0.237 e. The Hall–Kier alpha value is -2.47. The lowest BCUT2D eigenvalue weighted by molar-refractivity contribution is -0.131. The van der Waals surface area contributed by atoms with E-state index < -0.39 is 0 Å². The summed E-state index contributed by atoms with van der Waals surface area (Å²) in [4.78, 5) is 14.3. The van der Waals surface area contributed by atoms with Crippen LogP contribution in [0.1, 0.15) is 25.2 Å². The minimum absolute atomic E-state index is 0.0257. The standard InChI is InChI=1S/C18H22N2O4/c1-13(2)19-9-18(21)20(11-15-4-3-7-22-15)10-14-5-6-16-17(8-14)24-12-23-16/h3-8,13,19H,9-12H2,1-2H3. The summed E-state index contributed by atoms with van der Waals surface area (Å²) in [7, 11) is 0. The van der Waals surface area contributed by atoms with E-state index in [-0.39, 0.29) is 18.7 Å². The number of hydrogen-bond acceptors (Lipinski definition) is 5. The van der Waals surface area contributed by atoms with Crippen molar-refractivity contribution in [3.05, 3.63) is 47.9 Å². The van der Waals surface area contributed by atoms with Gasteiger partial charge in [0.25, 0.3) is 0 Å². The molecule has 1 N–H and O–H groups in total. The van der Waals surface area contributed by atoms with Gasteiger partial charge in [-0.05, 0) is 29.8 Å². The van der Waals surface area contributed by atoms with Crippen molar-refractivity contribution in [1.29, 1.82) is 0 Å². The molecule has 2 heterocycles. The molecular weight excluding hydrogens is 308 g/mol. The second-order valence-electron chi connectivity index (χ2n) is 6.05. The number of carbonyl (C=O) groups excluding carboxylic acids is 1. The van der Waals surface area contributed by atoms with Crippen LogP contribution in [0, 0.1) is 0 Å². The lowest BCUT2D eigenvalue weighted by Gasteiger charge is -2.23. The maximum atomic E-state index is 12.6. The molecule has 0 spiro atoms. The molecule has 0 radical (unpaired) electrons. The monoisotopic (exact) mass is 330 g/mol. The van der Waals surface area contributed by atoms with Gasteiger partial charge in [-0.2, -0.15) is 0 Å². The van der Waals surface area contributed by atoms with E-state index in [4.69, 9.17) is 13.9 Å². The first-order valence-electron chi connectivity index (χ1n) is 8.04. The highest BCUT2D eigenvalue weighted by atomic mass is 16.7. The Kier molecular flexibility index (Phi) is 5.05. The first-order chi connectivity index (χ1) is 11.6. The molecule has 1 aromatic heterocycles. The van der Waals surface area contributed by atoms with E-state index >= 15 is 0 Å². The van der Waals surface area contributed by atoms with Gasteiger partial charge in [-0.1, -0.05) is 19.9 Å². The van der Waals surface area contributed by atoms with Crippen molar-refractivity contribution in [3.63, 3.8) is 0 Å². The van der Waals surface area contributed by atoms with Gasteiger partial charge in [-0.25, -0.2) is 0 Å². The summed E-state index contributed by atoms with van der Waals surface area (Å²) >= 11 is 0. The third-order valence-electron chi connectivity index (χ3n) is 3.75. The molecule has 128 valence electrons. The summed E-state index contributed by atoms with van der Waals surface area (Å²) in [5.74, 6) is 2.24. The largest absolute Gasteiger partial charge is 0.467 e. The molecule has 0 saturated heterocycles. The molecule has 0 bridgehead atoms. The Morgan fingerprint density at radius 3 is 2.79 bits per heavy atom. The van der Waals surface area contributed by atoms with Crippen LogP contribution in [0.2, 0.25) is 0 Å². The number of carbonyl (C=O) groups is 1. The third-order valence-corrected chi connectivity index (χ3v) is 3.75. The molecule has 24 heavy (non-hydrogen) atoms. The summed E-state index contributed by atoms with van der Waals surface area (Å²) in [6.45, 7) is 5.48. The van der Waals surface area contributed by atoms with Crippen molar-refractivity contribution in [2.75, 3.05) is 13.3 Å². The summed E-state index contributed by atoms with van der Waals surface area (Å²) in [6.07, 6.45) is 1.62. The van der Waals surface area contributed by atoms with Crippen molar-refractivity contribution >= 4 is 5.91 Å². The number of amides is 1. The Labute approximate surface area is 141 Å². The van der Waals surface area contributed by atoms with Gasteiger partial charge in [-0.15, -0.1) is 0 Å². The molecule has 0 atom stereocenters. The van der Waals surface area contributed by atoms with Gasteiger partial charge >= 0.3 is 0 Å². The molecule has 0 unspecified atom stereocenters. The highest BCUT2D eigenvalue weighted by Crippen LogP contribution is 2.32. The van der Waals surface area contributed by atoms with E-state index in [1.54, 1.807) is 11.2 Å². The maximum Gasteiger partial charge on any atom is 0.237 e. The van der Waals surface area contributed by atoms with E-state index in [1.807, 2.05) is 44.2 Å². The van der Waals surface area contributed by atoms with Crippen LogP contribution in [-0.2, 0) is 17.9 Å². The Bertz CT molecular complexity index is 682. The third kappa shape index (κ3) is 4.08. The molecule has 0 aliphatic carbocycles. The van der Waals surface area contributed by atoms with Crippen molar-refractivity contribution in [2.45, 2.75) is 33.0 Å². The van der Waals surface area contributed by atoms with Crippen LogP contribution < -0.4 is 14.8 Å². The molecule has 1 aliphatic rings. The fourth-order valence-electron chi connectivity index (χ4n) is 2.49. The predicted molar refractivity (Wildman–Crippen MR) is 88.7 cm³/mol. The van der Waals surface area contributed by atoms with E-state index in [0.717, 1.165) is 22.8 Å². The number of nitrogens with one attached hydrogen (secondary N) is 1. The molecule has 1 amide bonds. The summed E-state index contributed by atoms with van der Waals surface area (Å²) < 4.78 is 16.1. The zero-order valence-electron chi connectivity index (χ0n) is 14.0. The highest BCUT2D eigenvalue weighted by molar-refractivity contribution is 5.78. The summed E-state index contributed by atoms with van der Waals surface area (Å²) in [6, 6.07) is 9.69. The van der Waals surface area contributed by atoms with Gasteiger partial charge in [0.1, 0.15) is 5.76 Å². The van der Waals surface area contributed by atoms with Crippen LogP contribution in [-0.4, -0.2) is 30.2 Å². The van der Waals surface area contributed by atoms with E-state index in [1.165, 1.54) is 0 Å². The van der Waals surface area contributed by atoms with E-state index in [0.29, 0.717) is 19.6 Å². The minimum Gasteiger partial charge on any atom is -0.467 e. The molecule has 0 fully saturated rings. The zero-order chi connectivity index (χ0) is 16.9. The van der Waals surface area contributed by atoms with Gasteiger partial charge in [-0.3, -0.25) is 4.79 Å². The predicted octanol–water partition coefficient (Wildman–Crippen LogP) is 2.54. The average molecular weight is 330 g/mol. The second-order valence-corrected chi connectivity index (χ2v) is 6.05. The number of rotatable bonds is 7. The quantitative estimate of drug-likeness (QED) is 0.845. The lowest BCUT2D eigenvalue weighted by atomic mass is 10.2. The Morgan fingerprint density at radius 2 is 2.04 bits per heavy atom. The fraction of sp³-hybridized carbons (Fsp3) is 0.389. The first kappa shape index (κ1) is 16.4. The number of hydrogen-bond donors (Lipinski definition) is 1. The zero-order valence-corrected chi connectivity index (χ0v) is 14.0. The number of ether oxygens (including phenoxy) is 2. The van der Waals surface area contributed by atoms with Gasteiger partial charge in [0, 0.05) is 12.6 Å². The number of fused-ring (bicyclic) bond motifs is 1. The first-order valence-corrected chi connectivity index (χ1v) is 8.04. The normalized spacial score (nSPS) is 12.6. The fourth-order valence-corrected chi connectivity index (χ4v) is 2.49. The van der Waals surface area contributed by atoms with E-state index in [2.05, 4.69) is 5.32 Å². The van der Waals surface area contributed by atoms with Gasteiger partial charge in [0.15, 0.2) is 11.5 Å². The molecule has 1 aliphatic heterocycles. The van der Waals surface area contributed by atoms with Crippen LogP contribution in [0.5, 0.6) is 11.5 Å². The van der Waals surface area contributed by atoms with Crippen LogP contribution in [0.15, 0.2) is 41.0 Å². The molecule has 0 saturated carbocycles. The molecule has 2 aromatic rings. The van der Waals surface area contributed by atoms with Crippen LogP contribution in [0.4, 0.5) is 0 Å². The Morgan fingerprint density at radius 1 is 1.21 bits per heavy atom. The topological polar surface area (TPSA) is 63.9 Å². The molecule has 3 rings (SSSR count). The molecule has 6 heteroatoms. The number of nitrogens with zero attached hydrogens (tertiary/aromatic N) is 1. The van der Waals surface area contributed by atoms with Crippen LogP contribution in [0.3, 0.4) is 0 Å². The van der Waals surface area contributed by atoms with Gasteiger partial charge in [0.2, 0.25) is 12.7 Å². The summed E-state index contributed by atoms with van der Waals surface area (Å²) in [5, 5.41) is 3.17. The van der Waals surface area contributed by atoms with E-state index in [9.17, 15) is 4.79 Å². The minimum atomic E-state index is 0.0257. The van der Waals surface area contributed by atoms with Crippen molar-refractivity contribution in [1.82, 2.24) is 10.2 Å². The van der Waals surface area contributed by atoms with Crippen molar-refractivity contribution in [2.24, 2.45) is 0 Å². The lowest BCUT2D eigenvalue weighted by Crippen LogP contribution is -2.39. The molecule has 1 aromatic carbocycles. The average Bonchev–Trinajstić information content (AvgIpc) is 3.22. The van der Waals surface area contributed by atoms with Gasteiger partial charge < -0.3 is 24.1 Å². The molecule has 6 nitrogen and oxygen atoms in total. The van der Waals surface area contributed by atoms with Crippen LogP contribution >= 0.6 is 0 Å². The van der Waals surface area contributed by atoms with Gasteiger partial charge in [0.05, 0.1) is 19.4 Å². The SMILES string of the molecule is CC(C)NCC(=O)N(Cc1ccc2c(c1)OCO2)Cc1ccco1. The number of benzene rings is 1.